The van der Waals surface area contributed by atoms with Crippen LogP contribution in [0, 0.1) is 11.6 Å². The highest BCUT2D eigenvalue weighted by Gasteiger charge is 2.14. The van der Waals surface area contributed by atoms with E-state index in [9.17, 15) is 8.78 Å². The summed E-state index contributed by atoms with van der Waals surface area (Å²) in [5.41, 5.74) is 5.43. The van der Waals surface area contributed by atoms with Crippen molar-refractivity contribution in [2.24, 2.45) is 5.73 Å². The van der Waals surface area contributed by atoms with Crippen LogP contribution in [0.3, 0.4) is 0 Å². The molecule has 0 aromatic heterocycles. The molecule has 2 nitrogen and oxygen atoms in total. The van der Waals surface area contributed by atoms with Crippen LogP contribution in [0.5, 0.6) is 0 Å². The Kier molecular flexibility index (Phi) is 7.44. The van der Waals surface area contributed by atoms with Gasteiger partial charge in [0.2, 0.25) is 0 Å². The lowest BCUT2D eigenvalue weighted by Gasteiger charge is -2.10. The predicted octanol–water partition coefficient (Wildman–Crippen LogP) is 4.37. The molecule has 0 aliphatic rings. The Morgan fingerprint density at radius 1 is 1.10 bits per heavy atom. The van der Waals surface area contributed by atoms with E-state index in [1.54, 1.807) is 0 Å². The maximum atomic E-state index is 13.7. The van der Waals surface area contributed by atoms with Crippen molar-refractivity contribution in [2.45, 2.75) is 45.4 Å². The van der Waals surface area contributed by atoms with Gasteiger partial charge in [0.15, 0.2) is 11.6 Å². The third-order valence-corrected chi connectivity index (χ3v) is 3.41. The fourth-order valence-corrected chi connectivity index (χ4v) is 2.16. The number of rotatable bonds is 9. The first-order valence-corrected chi connectivity index (χ1v) is 7.50. The minimum Gasteiger partial charge on any atom is -0.389 e. The molecule has 0 atom stereocenters. The fraction of sp³-hybridized carbons (Fsp3) is 0.533. The molecule has 0 unspecified atom stereocenters. The van der Waals surface area contributed by atoms with Gasteiger partial charge >= 0.3 is 0 Å². The zero-order valence-electron chi connectivity index (χ0n) is 11.8. The van der Waals surface area contributed by atoms with E-state index >= 15 is 0 Å². The van der Waals surface area contributed by atoms with Crippen LogP contribution < -0.4 is 11.1 Å². The third kappa shape index (κ3) is 5.04. The molecule has 0 amide bonds. The molecular weight excluding hydrogens is 278 g/mol. The summed E-state index contributed by atoms with van der Waals surface area (Å²) in [7, 11) is 0. The molecule has 0 heterocycles. The third-order valence-electron chi connectivity index (χ3n) is 3.19. The highest BCUT2D eigenvalue weighted by molar-refractivity contribution is 7.80. The van der Waals surface area contributed by atoms with Gasteiger partial charge in [-0.2, -0.15) is 0 Å². The maximum Gasteiger partial charge on any atom is 0.182 e. The van der Waals surface area contributed by atoms with Gasteiger partial charge in [-0.15, -0.1) is 0 Å². The quantitative estimate of drug-likeness (QED) is 0.525. The first kappa shape index (κ1) is 16.8. The maximum absolute atomic E-state index is 13.7. The molecule has 0 saturated heterocycles. The van der Waals surface area contributed by atoms with E-state index in [-0.39, 0.29) is 16.2 Å². The average Bonchev–Trinajstić information content (AvgIpc) is 2.42. The van der Waals surface area contributed by atoms with Crippen molar-refractivity contribution in [3.8, 4) is 0 Å². The van der Waals surface area contributed by atoms with Crippen LogP contribution in [0.15, 0.2) is 12.1 Å². The molecule has 1 aromatic rings. The second-order valence-electron chi connectivity index (χ2n) is 4.85. The Hall–Kier alpha value is -1.23. The molecule has 0 radical (unpaired) electrons. The van der Waals surface area contributed by atoms with Gasteiger partial charge in [0.05, 0.1) is 5.69 Å². The van der Waals surface area contributed by atoms with E-state index in [1.807, 2.05) is 0 Å². The van der Waals surface area contributed by atoms with E-state index in [2.05, 4.69) is 24.5 Å². The molecule has 3 N–H and O–H groups in total. The summed E-state index contributed by atoms with van der Waals surface area (Å²) in [6.07, 6.45) is 6.95. The standard InChI is InChI=1S/C15H22F2N2S/c1-2-3-4-5-6-7-10-19-12-9-8-11(15(18)20)13(16)14(12)17/h8-9,19H,2-7,10H2,1H3,(H2,18,20). The Morgan fingerprint density at radius 3 is 2.40 bits per heavy atom. The van der Waals surface area contributed by atoms with Crippen molar-refractivity contribution in [2.75, 3.05) is 11.9 Å². The molecular formula is C15H22F2N2S. The minimum atomic E-state index is -0.981. The van der Waals surface area contributed by atoms with Crippen LogP contribution in [0.1, 0.15) is 51.0 Å². The van der Waals surface area contributed by atoms with Gasteiger partial charge in [-0.1, -0.05) is 51.2 Å². The van der Waals surface area contributed by atoms with Crippen molar-refractivity contribution in [3.63, 3.8) is 0 Å². The van der Waals surface area contributed by atoms with Crippen molar-refractivity contribution < 1.29 is 8.78 Å². The largest absolute Gasteiger partial charge is 0.389 e. The second kappa shape index (κ2) is 8.84. The van der Waals surface area contributed by atoms with Gasteiger partial charge in [0, 0.05) is 12.1 Å². The lowest BCUT2D eigenvalue weighted by atomic mass is 10.1. The number of nitrogens with two attached hydrogens (primary N) is 1. The smallest absolute Gasteiger partial charge is 0.182 e. The SMILES string of the molecule is CCCCCCCCNc1ccc(C(N)=S)c(F)c1F. The zero-order chi connectivity index (χ0) is 15.0. The van der Waals surface area contributed by atoms with E-state index in [0.29, 0.717) is 6.54 Å². The Labute approximate surface area is 124 Å². The molecule has 0 fully saturated rings. The number of unbranched alkanes of at least 4 members (excludes halogenated alkanes) is 5. The molecule has 1 aromatic carbocycles. The summed E-state index contributed by atoms with van der Waals surface area (Å²) in [5.74, 6) is -1.90. The summed E-state index contributed by atoms with van der Waals surface area (Å²) in [6.45, 7) is 2.81. The van der Waals surface area contributed by atoms with Gasteiger partial charge in [0.1, 0.15) is 4.99 Å². The number of hydrogen-bond donors (Lipinski definition) is 2. The molecule has 20 heavy (non-hydrogen) atoms. The molecule has 1 rings (SSSR count). The molecule has 0 aliphatic carbocycles. The van der Waals surface area contributed by atoms with E-state index in [4.69, 9.17) is 5.73 Å². The van der Waals surface area contributed by atoms with Crippen molar-refractivity contribution in [1.29, 1.82) is 0 Å². The normalized spacial score (nSPS) is 10.6. The van der Waals surface area contributed by atoms with Crippen LogP contribution in [0.4, 0.5) is 14.5 Å². The van der Waals surface area contributed by atoms with Crippen LogP contribution >= 0.6 is 12.2 Å². The highest BCUT2D eigenvalue weighted by atomic mass is 32.1. The summed E-state index contributed by atoms with van der Waals surface area (Å²) >= 11 is 4.66. The van der Waals surface area contributed by atoms with Crippen LogP contribution in [0.25, 0.3) is 0 Å². The molecule has 0 saturated carbocycles. The molecule has 0 bridgehead atoms. The van der Waals surface area contributed by atoms with Gasteiger partial charge in [-0.3, -0.25) is 0 Å². The second-order valence-corrected chi connectivity index (χ2v) is 5.29. The van der Waals surface area contributed by atoms with Crippen LogP contribution in [-0.2, 0) is 0 Å². The number of halogens is 2. The summed E-state index contributed by atoms with van der Waals surface area (Å²) in [4.78, 5) is -0.135. The lowest BCUT2D eigenvalue weighted by molar-refractivity contribution is 0.509. The summed E-state index contributed by atoms with van der Waals surface area (Å²) in [5, 5.41) is 2.91. The van der Waals surface area contributed by atoms with Gasteiger partial charge < -0.3 is 11.1 Å². The number of hydrogen-bond acceptors (Lipinski definition) is 2. The fourth-order valence-electron chi connectivity index (χ4n) is 2.00. The lowest BCUT2D eigenvalue weighted by Crippen LogP contribution is -2.14. The summed E-state index contributed by atoms with van der Waals surface area (Å²) in [6, 6.07) is 2.88. The zero-order valence-corrected chi connectivity index (χ0v) is 12.7. The summed E-state index contributed by atoms with van der Waals surface area (Å²) < 4.78 is 27.4. The molecule has 0 aliphatic heterocycles. The van der Waals surface area contributed by atoms with Crippen LogP contribution in [0.2, 0.25) is 0 Å². The number of thiocarbonyl (C=S) groups is 1. The molecule has 5 heteroatoms. The van der Waals surface area contributed by atoms with E-state index in [0.717, 1.165) is 12.8 Å². The van der Waals surface area contributed by atoms with Gasteiger partial charge in [0.25, 0.3) is 0 Å². The Morgan fingerprint density at radius 2 is 1.75 bits per heavy atom. The van der Waals surface area contributed by atoms with Crippen molar-refractivity contribution >= 4 is 22.9 Å². The number of anilines is 1. The van der Waals surface area contributed by atoms with Crippen molar-refractivity contribution in [3.05, 3.63) is 29.3 Å². The highest BCUT2D eigenvalue weighted by Crippen LogP contribution is 2.20. The average molecular weight is 300 g/mol. The minimum absolute atomic E-state index is 0.0531. The molecule has 112 valence electrons. The van der Waals surface area contributed by atoms with Crippen LogP contribution in [-0.4, -0.2) is 11.5 Å². The number of benzene rings is 1. The predicted molar refractivity (Wildman–Crippen MR) is 84.1 cm³/mol. The number of nitrogens with one attached hydrogen (secondary N) is 1. The first-order chi connectivity index (χ1) is 9.57. The van der Waals surface area contributed by atoms with Gasteiger partial charge in [-0.05, 0) is 18.6 Å². The molecule has 0 spiro atoms. The topological polar surface area (TPSA) is 38.0 Å². The first-order valence-electron chi connectivity index (χ1n) is 7.09. The van der Waals surface area contributed by atoms with Gasteiger partial charge in [-0.25, -0.2) is 8.78 Å². The van der Waals surface area contributed by atoms with E-state index < -0.39 is 11.6 Å². The van der Waals surface area contributed by atoms with Crippen molar-refractivity contribution in [1.82, 2.24) is 0 Å². The Balaban J connectivity index is 2.41. The monoisotopic (exact) mass is 300 g/mol. The van der Waals surface area contributed by atoms with E-state index in [1.165, 1.54) is 37.8 Å². The Bertz CT molecular complexity index is 450.